The minimum atomic E-state index is -0.807. The molecule has 5 N–H and O–H groups in total. The van der Waals surface area contributed by atoms with E-state index in [0.29, 0.717) is 38.8 Å². The molecule has 4 amide bonds. The number of aliphatic hydroxyl groups is 2. The molecule has 13 heteroatoms. The molecule has 0 aromatic heterocycles. The van der Waals surface area contributed by atoms with Gasteiger partial charge in [0.15, 0.2) is 0 Å². The number of imide groups is 1. The number of amides is 4. The number of fused-ring (bicyclic) bond motifs is 4. The van der Waals surface area contributed by atoms with Crippen molar-refractivity contribution in [2.75, 3.05) is 78.8 Å². The van der Waals surface area contributed by atoms with Crippen molar-refractivity contribution in [3.63, 3.8) is 0 Å². The van der Waals surface area contributed by atoms with Gasteiger partial charge in [-0.25, -0.2) is 0 Å². The summed E-state index contributed by atoms with van der Waals surface area (Å²) in [6.07, 6.45) is 2.28. The molecule has 13 nitrogen and oxygen atoms in total. The second-order valence-electron chi connectivity index (χ2n) is 14.1. The minimum Gasteiger partial charge on any atom is -0.393 e. The molecule has 0 aromatic rings. The Kier molecular flexibility index (Phi) is 10.7. The number of nitrogens with zero attached hydrogens (tertiary/aromatic N) is 2. The molecule has 6 rings (SSSR count). The van der Waals surface area contributed by atoms with Gasteiger partial charge in [0.2, 0.25) is 23.6 Å². The van der Waals surface area contributed by atoms with Gasteiger partial charge in [0, 0.05) is 39.3 Å². The molecule has 4 saturated carbocycles. The molecule has 10 atom stereocenters. The Morgan fingerprint density at radius 3 is 1.38 bits per heavy atom. The van der Waals surface area contributed by atoms with Gasteiger partial charge < -0.3 is 30.3 Å². The van der Waals surface area contributed by atoms with E-state index in [9.17, 15) is 29.4 Å². The smallest absolute Gasteiger partial charge is 0.230 e. The monoisotopic (exact) mass is 633 g/mol. The number of carbonyl (C=O) groups is 4. The van der Waals surface area contributed by atoms with E-state index in [-0.39, 0.29) is 35.5 Å². The van der Waals surface area contributed by atoms with E-state index in [2.05, 4.69) is 25.8 Å². The van der Waals surface area contributed by atoms with Gasteiger partial charge >= 0.3 is 0 Å². The van der Waals surface area contributed by atoms with Crippen LogP contribution in [0.1, 0.15) is 38.5 Å². The zero-order valence-corrected chi connectivity index (χ0v) is 26.2. The molecule has 6 aliphatic rings. The molecule has 4 bridgehead atoms. The Balaban J connectivity index is 1.03. The largest absolute Gasteiger partial charge is 0.393 e. The van der Waals surface area contributed by atoms with E-state index >= 15 is 0 Å². The first-order valence-corrected chi connectivity index (χ1v) is 17.2. The number of morpholine rings is 2. The van der Waals surface area contributed by atoms with Crippen LogP contribution in [0, 0.1) is 47.3 Å². The van der Waals surface area contributed by atoms with Crippen LogP contribution in [0.5, 0.6) is 0 Å². The molecule has 252 valence electrons. The summed E-state index contributed by atoms with van der Waals surface area (Å²) in [5, 5.41) is 29.9. The van der Waals surface area contributed by atoms with Crippen LogP contribution >= 0.6 is 0 Å². The van der Waals surface area contributed by atoms with Crippen molar-refractivity contribution in [2.45, 2.75) is 50.7 Å². The summed E-state index contributed by atoms with van der Waals surface area (Å²) >= 11 is 0. The van der Waals surface area contributed by atoms with E-state index in [1.165, 1.54) is 0 Å². The fourth-order valence-electron chi connectivity index (χ4n) is 9.32. The van der Waals surface area contributed by atoms with Gasteiger partial charge in [-0.15, -0.1) is 0 Å². The maximum atomic E-state index is 13.7. The van der Waals surface area contributed by atoms with Crippen molar-refractivity contribution < 1.29 is 38.9 Å². The van der Waals surface area contributed by atoms with E-state index < -0.39 is 47.7 Å². The van der Waals surface area contributed by atoms with Gasteiger partial charge in [-0.2, -0.15) is 0 Å². The SMILES string of the molecule is O=C(NCCCN1CCOCC1)C1C2CC(O)C(C2)C1C(=O)NC(=O)C1C2CC(CC2O)C1C(=O)NCCCN1CCOCC1. The van der Waals surface area contributed by atoms with Crippen LogP contribution in [0.15, 0.2) is 0 Å². The summed E-state index contributed by atoms with van der Waals surface area (Å²) in [5.74, 6) is -5.34. The first kappa shape index (κ1) is 32.8. The average Bonchev–Trinajstić information content (AvgIpc) is 3.81. The van der Waals surface area contributed by atoms with Gasteiger partial charge in [-0.1, -0.05) is 0 Å². The second-order valence-corrected chi connectivity index (χ2v) is 14.1. The molecular formula is C32H51N5O8. The predicted octanol–water partition coefficient (Wildman–Crippen LogP) is -1.43. The van der Waals surface area contributed by atoms with E-state index in [0.717, 1.165) is 78.5 Å². The number of hydrogen-bond donors (Lipinski definition) is 5. The molecular weight excluding hydrogens is 582 g/mol. The van der Waals surface area contributed by atoms with Crippen LogP contribution in [0.25, 0.3) is 0 Å². The lowest BCUT2D eigenvalue weighted by Gasteiger charge is -2.34. The number of rotatable bonds is 12. The highest BCUT2D eigenvalue weighted by molar-refractivity contribution is 6.01. The van der Waals surface area contributed by atoms with Crippen LogP contribution in [0.3, 0.4) is 0 Å². The number of aliphatic hydroxyl groups excluding tert-OH is 2. The lowest BCUT2D eigenvalue weighted by Crippen LogP contribution is -2.53. The van der Waals surface area contributed by atoms with E-state index in [1.807, 2.05) is 0 Å². The summed E-state index contributed by atoms with van der Waals surface area (Å²) in [6.45, 7) is 9.10. The third kappa shape index (κ3) is 7.23. The summed E-state index contributed by atoms with van der Waals surface area (Å²) in [5.41, 5.74) is 0. The van der Waals surface area contributed by atoms with E-state index in [1.54, 1.807) is 0 Å². The molecule has 45 heavy (non-hydrogen) atoms. The average molecular weight is 634 g/mol. The normalized spacial score (nSPS) is 37.9. The van der Waals surface area contributed by atoms with Crippen molar-refractivity contribution in [1.82, 2.24) is 25.8 Å². The van der Waals surface area contributed by atoms with Crippen LogP contribution in [0.4, 0.5) is 0 Å². The predicted molar refractivity (Wildman–Crippen MR) is 161 cm³/mol. The number of ether oxygens (including phenoxy) is 2. The van der Waals surface area contributed by atoms with Crippen LogP contribution in [-0.2, 0) is 28.7 Å². The maximum absolute atomic E-state index is 13.7. The molecule has 2 heterocycles. The highest BCUT2D eigenvalue weighted by Crippen LogP contribution is 2.54. The summed E-state index contributed by atoms with van der Waals surface area (Å²) in [7, 11) is 0. The molecule has 0 radical (unpaired) electrons. The van der Waals surface area contributed by atoms with Gasteiger partial charge in [-0.3, -0.25) is 34.3 Å². The zero-order chi connectivity index (χ0) is 31.5. The lowest BCUT2D eigenvalue weighted by atomic mass is 9.75. The second kappa shape index (κ2) is 14.7. The zero-order valence-electron chi connectivity index (χ0n) is 26.2. The standard InChI is InChI=1S/C32H51N5O8/c38-23-17-19-15-21(23)27(25(19)29(40)33-3-1-5-36-7-11-44-12-8-36)31(42)35-32(43)28-22-16-20(18-24(22)39)26(28)30(41)34-4-2-6-37-9-13-45-14-10-37/h19-28,38-39H,1-18H2,(H,33,40)(H,34,41)(H,35,42,43). The minimum absolute atomic E-state index is 0.115. The van der Waals surface area contributed by atoms with Gasteiger partial charge in [0.1, 0.15) is 0 Å². The molecule has 6 fully saturated rings. The molecule has 0 aromatic carbocycles. The fourth-order valence-corrected chi connectivity index (χ4v) is 9.32. The fraction of sp³-hybridized carbons (Fsp3) is 0.875. The van der Waals surface area contributed by atoms with Crippen molar-refractivity contribution in [2.24, 2.45) is 47.3 Å². The van der Waals surface area contributed by atoms with Gasteiger partial charge in [0.25, 0.3) is 0 Å². The summed E-state index contributed by atoms with van der Waals surface area (Å²) in [4.78, 5) is 58.8. The van der Waals surface area contributed by atoms with Gasteiger partial charge in [0.05, 0.1) is 62.3 Å². The first-order chi connectivity index (χ1) is 21.8. The Morgan fingerprint density at radius 1 is 0.578 bits per heavy atom. The topological polar surface area (TPSA) is 170 Å². The van der Waals surface area contributed by atoms with E-state index in [4.69, 9.17) is 9.47 Å². The third-order valence-corrected chi connectivity index (χ3v) is 11.5. The Bertz CT molecular complexity index is 1000. The highest BCUT2D eigenvalue weighted by atomic mass is 16.5. The molecule has 10 unspecified atom stereocenters. The summed E-state index contributed by atoms with van der Waals surface area (Å²) < 4.78 is 10.8. The van der Waals surface area contributed by atoms with Crippen LogP contribution in [-0.4, -0.2) is 135 Å². The number of nitrogens with one attached hydrogen (secondary N) is 3. The van der Waals surface area contributed by atoms with Crippen molar-refractivity contribution in [3.05, 3.63) is 0 Å². The quantitative estimate of drug-likeness (QED) is 0.127. The van der Waals surface area contributed by atoms with Gasteiger partial charge in [-0.05, 0) is 75.3 Å². The first-order valence-electron chi connectivity index (χ1n) is 17.2. The highest BCUT2D eigenvalue weighted by Gasteiger charge is 2.60. The van der Waals surface area contributed by atoms with Crippen molar-refractivity contribution in [1.29, 1.82) is 0 Å². The molecule has 2 saturated heterocycles. The molecule has 0 spiro atoms. The van der Waals surface area contributed by atoms with Crippen LogP contribution in [0.2, 0.25) is 0 Å². The van der Waals surface area contributed by atoms with Crippen molar-refractivity contribution >= 4 is 23.6 Å². The molecule has 4 aliphatic carbocycles. The Hall–Kier alpha value is -2.16. The third-order valence-electron chi connectivity index (χ3n) is 11.5. The number of carbonyl (C=O) groups excluding carboxylic acids is 4. The Labute approximate surface area is 265 Å². The Morgan fingerprint density at radius 2 is 0.978 bits per heavy atom. The van der Waals surface area contributed by atoms with Crippen LogP contribution < -0.4 is 16.0 Å². The summed E-state index contributed by atoms with van der Waals surface area (Å²) in [6, 6.07) is 0. The van der Waals surface area contributed by atoms with Crippen molar-refractivity contribution in [3.8, 4) is 0 Å². The maximum Gasteiger partial charge on any atom is 0.230 e. The number of hydrogen-bond acceptors (Lipinski definition) is 10. The molecule has 2 aliphatic heterocycles. The lowest BCUT2D eigenvalue weighted by molar-refractivity contribution is -0.147.